The van der Waals surface area contributed by atoms with Crippen molar-refractivity contribution in [1.82, 2.24) is 5.32 Å². The number of phenols is 1. The molecule has 0 spiro atoms. The molecule has 1 atom stereocenters. The van der Waals surface area contributed by atoms with Gasteiger partial charge in [-0.3, -0.25) is 4.79 Å². The van der Waals surface area contributed by atoms with Crippen LogP contribution < -0.4 is 5.32 Å². The first-order chi connectivity index (χ1) is 8.02. The molecule has 0 aromatic heterocycles. The second-order valence-electron chi connectivity index (χ2n) is 4.45. The van der Waals surface area contributed by atoms with E-state index in [1.54, 1.807) is 24.3 Å². The number of carbonyl (C=O) groups excluding carboxylic acids is 1. The van der Waals surface area contributed by atoms with Gasteiger partial charge in [-0.2, -0.15) is 0 Å². The largest absolute Gasteiger partial charge is 0.508 e. The maximum Gasteiger partial charge on any atom is 0.224 e. The first kappa shape index (κ1) is 13.5. The molecule has 0 aliphatic carbocycles. The van der Waals surface area contributed by atoms with Crippen molar-refractivity contribution in [1.29, 1.82) is 0 Å². The van der Waals surface area contributed by atoms with Crippen LogP contribution >= 0.6 is 0 Å². The minimum atomic E-state index is -0.222. The summed E-state index contributed by atoms with van der Waals surface area (Å²) in [6, 6.07) is 6.38. The number of aliphatic hydroxyl groups excluding tert-OH is 1. The Balaban J connectivity index is 2.55. The number of carbonyl (C=O) groups is 1. The molecule has 1 rings (SSSR count). The van der Waals surface area contributed by atoms with Gasteiger partial charge in [0.05, 0.1) is 19.1 Å². The summed E-state index contributed by atoms with van der Waals surface area (Å²) in [6.07, 6.45) is 0.206. The van der Waals surface area contributed by atoms with Crippen LogP contribution in [0, 0.1) is 5.92 Å². The zero-order chi connectivity index (χ0) is 12.8. The SMILES string of the molecule is CC(C)[C@@H](CO)NC(=O)Cc1cccc(O)c1. The van der Waals surface area contributed by atoms with E-state index in [0.717, 1.165) is 5.56 Å². The number of benzene rings is 1. The molecule has 4 nitrogen and oxygen atoms in total. The maximum absolute atomic E-state index is 11.7. The molecule has 0 saturated heterocycles. The molecule has 0 saturated carbocycles. The lowest BCUT2D eigenvalue weighted by molar-refractivity contribution is -0.121. The minimum absolute atomic E-state index is 0.0660. The van der Waals surface area contributed by atoms with E-state index in [-0.39, 0.29) is 36.6 Å². The fourth-order valence-electron chi connectivity index (χ4n) is 1.53. The summed E-state index contributed by atoms with van der Waals surface area (Å²) < 4.78 is 0. The fraction of sp³-hybridized carbons (Fsp3) is 0.462. The predicted molar refractivity (Wildman–Crippen MR) is 65.7 cm³/mol. The van der Waals surface area contributed by atoms with Crippen LogP contribution in [0.4, 0.5) is 0 Å². The number of hydrogen-bond donors (Lipinski definition) is 3. The van der Waals surface area contributed by atoms with Gasteiger partial charge in [0.15, 0.2) is 0 Å². The second kappa shape index (κ2) is 6.25. The van der Waals surface area contributed by atoms with Gasteiger partial charge in [-0.15, -0.1) is 0 Å². The van der Waals surface area contributed by atoms with E-state index in [2.05, 4.69) is 5.32 Å². The van der Waals surface area contributed by atoms with Crippen LogP contribution in [-0.4, -0.2) is 28.8 Å². The van der Waals surface area contributed by atoms with Crippen molar-refractivity contribution in [3.8, 4) is 5.75 Å². The molecule has 0 fully saturated rings. The van der Waals surface area contributed by atoms with Crippen molar-refractivity contribution in [3.63, 3.8) is 0 Å². The summed E-state index contributed by atoms with van der Waals surface area (Å²) in [4.78, 5) is 11.7. The molecule has 0 heterocycles. The average Bonchev–Trinajstić information content (AvgIpc) is 2.25. The van der Waals surface area contributed by atoms with E-state index in [9.17, 15) is 9.90 Å². The van der Waals surface area contributed by atoms with Crippen LogP contribution in [0.2, 0.25) is 0 Å². The summed E-state index contributed by atoms with van der Waals surface area (Å²) in [5, 5.41) is 21.1. The molecule has 17 heavy (non-hydrogen) atoms. The third-order valence-electron chi connectivity index (χ3n) is 2.62. The maximum atomic E-state index is 11.7. The van der Waals surface area contributed by atoms with Gasteiger partial charge in [0.2, 0.25) is 5.91 Å². The van der Waals surface area contributed by atoms with Crippen molar-refractivity contribution >= 4 is 5.91 Å². The molecular formula is C13H19NO3. The molecule has 1 aromatic carbocycles. The number of aromatic hydroxyl groups is 1. The Morgan fingerprint density at radius 2 is 2.12 bits per heavy atom. The van der Waals surface area contributed by atoms with Crippen LogP contribution in [-0.2, 0) is 11.2 Å². The van der Waals surface area contributed by atoms with Gasteiger partial charge in [0.25, 0.3) is 0 Å². The Morgan fingerprint density at radius 3 is 2.65 bits per heavy atom. The zero-order valence-corrected chi connectivity index (χ0v) is 10.2. The van der Waals surface area contributed by atoms with Crippen molar-refractivity contribution in [2.75, 3.05) is 6.61 Å². The molecule has 94 valence electrons. The Morgan fingerprint density at radius 1 is 1.41 bits per heavy atom. The van der Waals surface area contributed by atoms with Crippen LogP contribution in [0.15, 0.2) is 24.3 Å². The molecule has 0 bridgehead atoms. The van der Waals surface area contributed by atoms with Gasteiger partial charge in [-0.05, 0) is 23.6 Å². The highest BCUT2D eigenvalue weighted by Crippen LogP contribution is 2.11. The Hall–Kier alpha value is -1.55. The van der Waals surface area contributed by atoms with E-state index >= 15 is 0 Å². The Labute approximate surface area is 101 Å². The topological polar surface area (TPSA) is 69.6 Å². The normalized spacial score (nSPS) is 12.5. The first-order valence-electron chi connectivity index (χ1n) is 5.71. The number of hydrogen-bond acceptors (Lipinski definition) is 3. The standard InChI is InChI=1S/C13H19NO3/c1-9(2)12(8-15)14-13(17)7-10-4-3-5-11(16)6-10/h3-6,9,12,15-16H,7-8H2,1-2H3,(H,14,17)/t12-/m1/s1. The van der Waals surface area contributed by atoms with Gasteiger partial charge in [-0.1, -0.05) is 26.0 Å². The van der Waals surface area contributed by atoms with E-state index in [0.29, 0.717) is 0 Å². The fourth-order valence-corrected chi connectivity index (χ4v) is 1.53. The van der Waals surface area contributed by atoms with Gasteiger partial charge in [0, 0.05) is 0 Å². The lowest BCUT2D eigenvalue weighted by Gasteiger charge is -2.19. The third-order valence-corrected chi connectivity index (χ3v) is 2.62. The molecule has 4 heteroatoms. The lowest BCUT2D eigenvalue weighted by atomic mass is 10.0. The van der Waals surface area contributed by atoms with Crippen molar-refractivity contribution in [2.24, 2.45) is 5.92 Å². The highest BCUT2D eigenvalue weighted by atomic mass is 16.3. The predicted octanol–water partition coefficient (Wildman–Crippen LogP) is 1.07. The minimum Gasteiger partial charge on any atom is -0.508 e. The van der Waals surface area contributed by atoms with Crippen molar-refractivity contribution in [2.45, 2.75) is 26.3 Å². The van der Waals surface area contributed by atoms with Crippen LogP contribution in [0.3, 0.4) is 0 Å². The summed E-state index contributed by atoms with van der Waals surface area (Å²) in [6.45, 7) is 3.81. The van der Waals surface area contributed by atoms with Gasteiger partial charge in [-0.25, -0.2) is 0 Å². The Kier molecular flexibility index (Phi) is 4.97. The number of amides is 1. The molecule has 0 radical (unpaired) electrons. The Bertz CT molecular complexity index is 377. The van der Waals surface area contributed by atoms with E-state index in [1.807, 2.05) is 13.8 Å². The monoisotopic (exact) mass is 237 g/mol. The summed E-state index contributed by atoms with van der Waals surface area (Å²) in [7, 11) is 0. The van der Waals surface area contributed by atoms with E-state index in [4.69, 9.17) is 5.11 Å². The summed E-state index contributed by atoms with van der Waals surface area (Å²) in [5.41, 5.74) is 0.753. The van der Waals surface area contributed by atoms with Crippen LogP contribution in [0.5, 0.6) is 5.75 Å². The molecule has 0 aliphatic heterocycles. The van der Waals surface area contributed by atoms with Gasteiger partial charge < -0.3 is 15.5 Å². The quantitative estimate of drug-likeness (QED) is 0.717. The van der Waals surface area contributed by atoms with E-state index < -0.39 is 0 Å². The molecule has 0 aliphatic rings. The van der Waals surface area contributed by atoms with Crippen LogP contribution in [0.25, 0.3) is 0 Å². The van der Waals surface area contributed by atoms with Gasteiger partial charge in [0.1, 0.15) is 5.75 Å². The summed E-state index contributed by atoms with van der Waals surface area (Å²) >= 11 is 0. The molecule has 1 amide bonds. The molecular weight excluding hydrogens is 218 g/mol. The first-order valence-corrected chi connectivity index (χ1v) is 5.71. The molecule has 1 aromatic rings. The highest BCUT2D eigenvalue weighted by Gasteiger charge is 2.15. The summed E-state index contributed by atoms with van der Waals surface area (Å²) in [5.74, 6) is 0.189. The van der Waals surface area contributed by atoms with E-state index in [1.165, 1.54) is 0 Å². The van der Waals surface area contributed by atoms with Crippen molar-refractivity contribution < 1.29 is 15.0 Å². The average molecular weight is 237 g/mol. The highest BCUT2D eigenvalue weighted by molar-refractivity contribution is 5.79. The lowest BCUT2D eigenvalue weighted by Crippen LogP contribution is -2.41. The zero-order valence-electron chi connectivity index (χ0n) is 10.2. The van der Waals surface area contributed by atoms with Crippen LogP contribution in [0.1, 0.15) is 19.4 Å². The van der Waals surface area contributed by atoms with Gasteiger partial charge >= 0.3 is 0 Å². The molecule has 0 unspecified atom stereocenters. The van der Waals surface area contributed by atoms with Crippen molar-refractivity contribution in [3.05, 3.63) is 29.8 Å². The number of phenolic OH excluding ortho intramolecular Hbond substituents is 1. The third kappa shape index (κ3) is 4.44. The number of rotatable bonds is 5. The smallest absolute Gasteiger partial charge is 0.224 e. The molecule has 3 N–H and O–H groups in total. The second-order valence-corrected chi connectivity index (χ2v) is 4.45. The number of nitrogens with one attached hydrogen (secondary N) is 1. The number of aliphatic hydroxyl groups is 1.